The summed E-state index contributed by atoms with van der Waals surface area (Å²) in [5, 5.41) is 8.51. The first kappa shape index (κ1) is 13.1. The van der Waals surface area contributed by atoms with Crippen molar-refractivity contribution in [3.05, 3.63) is 36.0 Å². The van der Waals surface area contributed by atoms with E-state index in [1.54, 1.807) is 18.3 Å². The standard InChI is InChI=1S/C14H14FN3O/c1-2-19-13-6-5-10(8-11(13)15)12-9-17-14(18-12)4-3-7-16/h5-6,8-9H,2-4H2,1H3,(H,17,18). The first-order valence-electron chi connectivity index (χ1n) is 6.08. The summed E-state index contributed by atoms with van der Waals surface area (Å²) < 4.78 is 18.9. The van der Waals surface area contributed by atoms with Crippen molar-refractivity contribution in [3.63, 3.8) is 0 Å². The normalized spacial score (nSPS) is 10.2. The fourth-order valence-corrected chi connectivity index (χ4v) is 1.75. The van der Waals surface area contributed by atoms with Gasteiger partial charge >= 0.3 is 0 Å². The number of hydrogen-bond acceptors (Lipinski definition) is 3. The molecular formula is C14H14FN3O. The number of aryl methyl sites for hydroxylation is 1. The van der Waals surface area contributed by atoms with E-state index >= 15 is 0 Å². The van der Waals surface area contributed by atoms with Gasteiger partial charge in [-0.15, -0.1) is 0 Å². The van der Waals surface area contributed by atoms with Gasteiger partial charge in [0, 0.05) is 18.4 Å². The summed E-state index contributed by atoms with van der Waals surface area (Å²) in [6.07, 6.45) is 2.61. The number of imidazole rings is 1. The van der Waals surface area contributed by atoms with Crippen LogP contribution in [0.25, 0.3) is 11.3 Å². The number of benzene rings is 1. The number of nitriles is 1. The molecule has 2 aromatic rings. The van der Waals surface area contributed by atoms with Crippen molar-refractivity contribution in [2.24, 2.45) is 0 Å². The number of nitrogens with zero attached hydrogens (tertiary/aromatic N) is 2. The summed E-state index contributed by atoms with van der Waals surface area (Å²) in [6.45, 7) is 2.24. The van der Waals surface area contributed by atoms with Gasteiger partial charge in [-0.05, 0) is 25.1 Å². The van der Waals surface area contributed by atoms with Gasteiger partial charge < -0.3 is 9.72 Å². The molecule has 1 N–H and O–H groups in total. The van der Waals surface area contributed by atoms with E-state index in [4.69, 9.17) is 10.00 Å². The van der Waals surface area contributed by atoms with Crippen molar-refractivity contribution < 1.29 is 9.13 Å². The van der Waals surface area contributed by atoms with Gasteiger partial charge in [0.2, 0.25) is 0 Å². The Morgan fingerprint density at radius 2 is 2.32 bits per heavy atom. The monoisotopic (exact) mass is 259 g/mol. The highest BCUT2D eigenvalue weighted by Gasteiger charge is 2.08. The minimum absolute atomic E-state index is 0.246. The Labute approximate surface area is 110 Å². The maximum absolute atomic E-state index is 13.7. The summed E-state index contributed by atoms with van der Waals surface area (Å²) >= 11 is 0. The van der Waals surface area contributed by atoms with Gasteiger partial charge in [0.15, 0.2) is 11.6 Å². The van der Waals surface area contributed by atoms with Crippen molar-refractivity contribution >= 4 is 0 Å². The molecule has 0 spiro atoms. The molecule has 0 atom stereocenters. The Balaban J connectivity index is 2.20. The van der Waals surface area contributed by atoms with E-state index in [1.165, 1.54) is 6.07 Å². The summed E-state index contributed by atoms with van der Waals surface area (Å²) in [5.41, 5.74) is 1.44. The maximum Gasteiger partial charge on any atom is 0.165 e. The topological polar surface area (TPSA) is 61.7 Å². The van der Waals surface area contributed by atoms with E-state index < -0.39 is 5.82 Å². The highest BCUT2D eigenvalue weighted by molar-refractivity contribution is 5.59. The van der Waals surface area contributed by atoms with E-state index in [2.05, 4.69) is 16.0 Å². The second kappa shape index (κ2) is 6.01. The van der Waals surface area contributed by atoms with Crippen LogP contribution in [0.3, 0.4) is 0 Å². The lowest BCUT2D eigenvalue weighted by molar-refractivity contribution is 0.321. The van der Waals surface area contributed by atoms with Crippen LogP contribution in [0.4, 0.5) is 4.39 Å². The van der Waals surface area contributed by atoms with Crippen LogP contribution in [0.15, 0.2) is 24.4 Å². The number of aromatic amines is 1. The van der Waals surface area contributed by atoms with E-state index in [9.17, 15) is 4.39 Å². The molecule has 1 heterocycles. The fourth-order valence-electron chi connectivity index (χ4n) is 1.75. The van der Waals surface area contributed by atoms with Crippen molar-refractivity contribution in [2.45, 2.75) is 19.8 Å². The molecular weight excluding hydrogens is 245 g/mol. The van der Waals surface area contributed by atoms with Crippen LogP contribution in [-0.4, -0.2) is 16.6 Å². The third-order valence-corrected chi connectivity index (χ3v) is 2.64. The number of rotatable bonds is 5. The largest absolute Gasteiger partial charge is 0.491 e. The first-order chi connectivity index (χ1) is 9.24. The van der Waals surface area contributed by atoms with Crippen LogP contribution in [0.1, 0.15) is 19.2 Å². The lowest BCUT2D eigenvalue weighted by Gasteiger charge is -2.05. The summed E-state index contributed by atoms with van der Waals surface area (Å²) in [4.78, 5) is 7.23. The van der Waals surface area contributed by atoms with Crippen LogP contribution in [-0.2, 0) is 6.42 Å². The molecule has 0 aliphatic carbocycles. The zero-order valence-corrected chi connectivity index (χ0v) is 10.6. The van der Waals surface area contributed by atoms with E-state index in [-0.39, 0.29) is 5.75 Å². The molecule has 0 saturated heterocycles. The quantitative estimate of drug-likeness (QED) is 0.897. The molecule has 19 heavy (non-hydrogen) atoms. The van der Waals surface area contributed by atoms with Crippen molar-refractivity contribution in [1.82, 2.24) is 9.97 Å². The summed E-state index contributed by atoms with van der Waals surface area (Å²) in [5.74, 6) is 0.578. The Morgan fingerprint density at radius 1 is 1.47 bits per heavy atom. The van der Waals surface area contributed by atoms with E-state index in [0.29, 0.717) is 25.0 Å². The van der Waals surface area contributed by atoms with Crippen LogP contribution < -0.4 is 4.74 Å². The zero-order chi connectivity index (χ0) is 13.7. The molecule has 0 fully saturated rings. The molecule has 0 amide bonds. The fraction of sp³-hybridized carbons (Fsp3) is 0.286. The van der Waals surface area contributed by atoms with Gasteiger partial charge in [-0.3, -0.25) is 0 Å². The average molecular weight is 259 g/mol. The van der Waals surface area contributed by atoms with Crippen LogP contribution >= 0.6 is 0 Å². The highest BCUT2D eigenvalue weighted by Crippen LogP contribution is 2.24. The van der Waals surface area contributed by atoms with Gasteiger partial charge in [0.25, 0.3) is 0 Å². The Hall–Kier alpha value is -2.35. The second-order valence-corrected chi connectivity index (χ2v) is 3.98. The third kappa shape index (κ3) is 3.10. The molecule has 2 rings (SSSR count). The number of nitrogens with one attached hydrogen (secondary N) is 1. The number of aromatic nitrogens is 2. The highest BCUT2D eigenvalue weighted by atomic mass is 19.1. The van der Waals surface area contributed by atoms with Gasteiger partial charge in [-0.2, -0.15) is 5.26 Å². The SMILES string of the molecule is CCOc1ccc(-c2cnc(CCC#N)[nH]2)cc1F. The minimum atomic E-state index is -0.396. The Morgan fingerprint density at radius 3 is 3.00 bits per heavy atom. The Bertz CT molecular complexity index is 601. The predicted molar refractivity (Wildman–Crippen MR) is 69.1 cm³/mol. The number of hydrogen-bond donors (Lipinski definition) is 1. The molecule has 98 valence electrons. The zero-order valence-electron chi connectivity index (χ0n) is 10.6. The van der Waals surface area contributed by atoms with Crippen molar-refractivity contribution in [1.29, 1.82) is 5.26 Å². The smallest absolute Gasteiger partial charge is 0.165 e. The second-order valence-electron chi connectivity index (χ2n) is 3.98. The van der Waals surface area contributed by atoms with Crippen LogP contribution in [0.5, 0.6) is 5.75 Å². The molecule has 0 aliphatic rings. The lowest BCUT2D eigenvalue weighted by atomic mass is 10.1. The molecule has 0 radical (unpaired) electrons. The minimum Gasteiger partial charge on any atom is -0.491 e. The molecule has 0 aliphatic heterocycles. The number of H-pyrrole nitrogens is 1. The number of ether oxygens (including phenoxy) is 1. The van der Waals surface area contributed by atoms with Crippen molar-refractivity contribution in [3.8, 4) is 23.1 Å². The molecule has 0 bridgehead atoms. The Kier molecular flexibility index (Phi) is 4.14. The molecule has 1 aromatic heterocycles. The first-order valence-corrected chi connectivity index (χ1v) is 6.08. The third-order valence-electron chi connectivity index (χ3n) is 2.64. The predicted octanol–water partition coefficient (Wildman–Crippen LogP) is 3.07. The van der Waals surface area contributed by atoms with Crippen LogP contribution in [0, 0.1) is 17.1 Å². The molecule has 1 aromatic carbocycles. The molecule has 0 unspecified atom stereocenters. The molecule has 0 saturated carbocycles. The van der Waals surface area contributed by atoms with Gasteiger partial charge in [-0.1, -0.05) is 0 Å². The van der Waals surface area contributed by atoms with Gasteiger partial charge in [0.1, 0.15) is 5.82 Å². The van der Waals surface area contributed by atoms with Crippen molar-refractivity contribution in [2.75, 3.05) is 6.61 Å². The number of halogens is 1. The maximum atomic E-state index is 13.7. The molecule has 5 heteroatoms. The van der Waals surface area contributed by atoms with E-state index in [0.717, 1.165) is 11.5 Å². The average Bonchev–Trinajstić information content (AvgIpc) is 2.88. The molecule has 4 nitrogen and oxygen atoms in total. The lowest BCUT2D eigenvalue weighted by Crippen LogP contribution is -1.94. The summed E-state index contributed by atoms with van der Waals surface area (Å²) in [6, 6.07) is 6.84. The van der Waals surface area contributed by atoms with Gasteiger partial charge in [0.05, 0.1) is 24.6 Å². The van der Waals surface area contributed by atoms with Gasteiger partial charge in [-0.25, -0.2) is 9.37 Å². The van der Waals surface area contributed by atoms with E-state index in [1.807, 2.05) is 6.92 Å². The summed E-state index contributed by atoms with van der Waals surface area (Å²) in [7, 11) is 0. The van der Waals surface area contributed by atoms with Crippen LogP contribution in [0.2, 0.25) is 0 Å².